The van der Waals surface area contributed by atoms with E-state index in [2.05, 4.69) is 19.2 Å². The highest BCUT2D eigenvalue weighted by Gasteiger charge is 2.13. The molecule has 0 radical (unpaired) electrons. The first-order chi connectivity index (χ1) is 9.09. The number of carbonyl (C=O) groups excluding carboxylic acids is 1. The summed E-state index contributed by atoms with van der Waals surface area (Å²) in [6.07, 6.45) is 0.555. The smallest absolute Gasteiger partial charge is 0.237 e. The van der Waals surface area contributed by atoms with Crippen molar-refractivity contribution in [2.75, 3.05) is 19.8 Å². The first-order valence-corrected chi connectivity index (χ1v) is 6.74. The molecule has 1 atom stereocenters. The van der Waals surface area contributed by atoms with E-state index in [1.165, 1.54) is 0 Å². The molecule has 106 valence electrons. The van der Waals surface area contributed by atoms with E-state index >= 15 is 0 Å². The lowest BCUT2D eigenvalue weighted by molar-refractivity contribution is -0.122. The summed E-state index contributed by atoms with van der Waals surface area (Å²) >= 11 is 0. The monoisotopic (exact) mass is 264 g/mol. The first kappa shape index (κ1) is 15.7. The van der Waals surface area contributed by atoms with Crippen molar-refractivity contribution >= 4 is 5.91 Å². The van der Waals surface area contributed by atoms with E-state index in [-0.39, 0.29) is 5.91 Å². The molecule has 0 saturated carbocycles. The Morgan fingerprint density at radius 1 is 1.32 bits per heavy atom. The van der Waals surface area contributed by atoms with Gasteiger partial charge in [0.25, 0.3) is 0 Å². The highest BCUT2D eigenvalue weighted by Crippen LogP contribution is 2.01. The van der Waals surface area contributed by atoms with Crippen molar-refractivity contribution in [1.29, 1.82) is 0 Å². The number of amides is 1. The molecule has 3 N–H and O–H groups in total. The van der Waals surface area contributed by atoms with Crippen LogP contribution in [0.4, 0.5) is 0 Å². The topological polar surface area (TPSA) is 64.3 Å². The van der Waals surface area contributed by atoms with Gasteiger partial charge in [-0.2, -0.15) is 0 Å². The normalized spacial score (nSPS) is 12.4. The second kappa shape index (κ2) is 8.67. The lowest BCUT2D eigenvalue weighted by atomic mass is 10.1. The minimum atomic E-state index is -0.507. The van der Waals surface area contributed by atoms with E-state index in [0.29, 0.717) is 32.1 Å². The largest absolute Gasteiger partial charge is 0.379 e. The van der Waals surface area contributed by atoms with Crippen LogP contribution in [0.2, 0.25) is 0 Å². The summed E-state index contributed by atoms with van der Waals surface area (Å²) in [6, 6.07) is 9.27. The average Bonchev–Trinajstić information content (AvgIpc) is 2.38. The van der Waals surface area contributed by atoms with Crippen LogP contribution in [-0.2, 0) is 16.0 Å². The lowest BCUT2D eigenvalue weighted by Crippen LogP contribution is -2.43. The maximum atomic E-state index is 11.8. The van der Waals surface area contributed by atoms with Crippen LogP contribution in [0, 0.1) is 5.92 Å². The van der Waals surface area contributed by atoms with Crippen LogP contribution in [0.1, 0.15) is 19.4 Å². The Hall–Kier alpha value is -1.39. The quantitative estimate of drug-likeness (QED) is 0.697. The van der Waals surface area contributed by atoms with Gasteiger partial charge >= 0.3 is 0 Å². The number of benzene rings is 1. The van der Waals surface area contributed by atoms with E-state index in [9.17, 15) is 4.79 Å². The number of rotatable bonds is 8. The fourth-order valence-corrected chi connectivity index (χ4v) is 1.66. The lowest BCUT2D eigenvalue weighted by Gasteiger charge is -2.13. The molecule has 0 fully saturated rings. The first-order valence-electron chi connectivity index (χ1n) is 6.74. The van der Waals surface area contributed by atoms with E-state index < -0.39 is 6.04 Å². The molecule has 4 nitrogen and oxygen atoms in total. The molecule has 0 unspecified atom stereocenters. The minimum Gasteiger partial charge on any atom is -0.379 e. The number of hydrogen-bond donors (Lipinski definition) is 2. The Balaban J connectivity index is 2.18. The van der Waals surface area contributed by atoms with Crippen LogP contribution in [0.5, 0.6) is 0 Å². The molecule has 19 heavy (non-hydrogen) atoms. The van der Waals surface area contributed by atoms with Gasteiger partial charge in [0, 0.05) is 13.2 Å². The summed E-state index contributed by atoms with van der Waals surface area (Å²) in [6.45, 7) is 5.94. The van der Waals surface area contributed by atoms with E-state index in [4.69, 9.17) is 10.5 Å². The van der Waals surface area contributed by atoms with Crippen molar-refractivity contribution in [2.45, 2.75) is 26.3 Å². The Morgan fingerprint density at radius 3 is 2.63 bits per heavy atom. The van der Waals surface area contributed by atoms with Gasteiger partial charge in [-0.25, -0.2) is 0 Å². The Morgan fingerprint density at radius 2 is 2.00 bits per heavy atom. The van der Waals surface area contributed by atoms with E-state index in [1.807, 2.05) is 30.3 Å². The van der Waals surface area contributed by atoms with Crippen LogP contribution in [0.25, 0.3) is 0 Å². The molecule has 0 aromatic heterocycles. The van der Waals surface area contributed by atoms with Crippen molar-refractivity contribution in [3.05, 3.63) is 35.9 Å². The van der Waals surface area contributed by atoms with Crippen molar-refractivity contribution in [2.24, 2.45) is 11.7 Å². The second-order valence-corrected chi connectivity index (χ2v) is 5.06. The number of hydrogen-bond acceptors (Lipinski definition) is 3. The SMILES string of the molecule is CC(C)COCCNC(=O)[C@@H](N)Cc1ccccc1. The zero-order chi connectivity index (χ0) is 14.1. The molecule has 0 heterocycles. The second-order valence-electron chi connectivity index (χ2n) is 5.06. The molecule has 1 aromatic carbocycles. The maximum Gasteiger partial charge on any atom is 0.237 e. The van der Waals surface area contributed by atoms with Gasteiger partial charge in [0.15, 0.2) is 0 Å². The van der Waals surface area contributed by atoms with E-state index in [1.54, 1.807) is 0 Å². The number of ether oxygens (including phenoxy) is 1. The molecule has 0 bridgehead atoms. The van der Waals surface area contributed by atoms with Gasteiger partial charge in [-0.15, -0.1) is 0 Å². The highest BCUT2D eigenvalue weighted by atomic mass is 16.5. The number of nitrogens with one attached hydrogen (secondary N) is 1. The number of nitrogens with two attached hydrogens (primary N) is 1. The molecule has 1 rings (SSSR count). The summed E-state index contributed by atoms with van der Waals surface area (Å²) in [4.78, 5) is 11.8. The summed E-state index contributed by atoms with van der Waals surface area (Å²) in [5.74, 6) is 0.382. The molecule has 0 spiro atoms. The fourth-order valence-electron chi connectivity index (χ4n) is 1.66. The Bertz CT molecular complexity index is 366. The number of carbonyl (C=O) groups is 1. The van der Waals surface area contributed by atoms with Crippen molar-refractivity contribution < 1.29 is 9.53 Å². The molecule has 0 saturated heterocycles. The molecule has 0 aliphatic rings. The summed E-state index contributed by atoms with van der Waals surface area (Å²) < 4.78 is 5.39. The van der Waals surface area contributed by atoms with Crippen molar-refractivity contribution in [3.8, 4) is 0 Å². The predicted octanol–water partition coefficient (Wildman–Crippen LogP) is 1.35. The molecule has 0 aliphatic carbocycles. The third-order valence-corrected chi connectivity index (χ3v) is 2.63. The molecule has 0 aliphatic heterocycles. The maximum absolute atomic E-state index is 11.8. The van der Waals surface area contributed by atoms with Gasteiger partial charge in [-0.3, -0.25) is 4.79 Å². The van der Waals surface area contributed by atoms with Crippen molar-refractivity contribution in [3.63, 3.8) is 0 Å². The van der Waals surface area contributed by atoms with Gasteiger partial charge in [0.05, 0.1) is 12.6 Å². The minimum absolute atomic E-state index is 0.128. The van der Waals surface area contributed by atoms with Crippen LogP contribution >= 0.6 is 0 Å². The zero-order valence-electron chi connectivity index (χ0n) is 11.8. The molecule has 1 aromatic rings. The summed E-state index contributed by atoms with van der Waals surface area (Å²) in [5, 5.41) is 2.79. The summed E-state index contributed by atoms with van der Waals surface area (Å²) in [5.41, 5.74) is 6.93. The van der Waals surface area contributed by atoms with Gasteiger partial charge in [-0.05, 0) is 17.9 Å². The average molecular weight is 264 g/mol. The predicted molar refractivity (Wildman–Crippen MR) is 76.8 cm³/mol. The molecular weight excluding hydrogens is 240 g/mol. The third kappa shape index (κ3) is 6.94. The van der Waals surface area contributed by atoms with Gasteiger partial charge in [-0.1, -0.05) is 44.2 Å². The fraction of sp³-hybridized carbons (Fsp3) is 0.533. The molecule has 1 amide bonds. The third-order valence-electron chi connectivity index (χ3n) is 2.63. The Labute approximate surface area is 115 Å². The van der Waals surface area contributed by atoms with Crippen LogP contribution < -0.4 is 11.1 Å². The Kier molecular flexibility index (Phi) is 7.15. The van der Waals surface area contributed by atoms with Crippen LogP contribution in [0.15, 0.2) is 30.3 Å². The van der Waals surface area contributed by atoms with Crippen LogP contribution in [0.3, 0.4) is 0 Å². The van der Waals surface area contributed by atoms with Crippen molar-refractivity contribution in [1.82, 2.24) is 5.32 Å². The van der Waals surface area contributed by atoms with Crippen LogP contribution in [-0.4, -0.2) is 31.7 Å². The van der Waals surface area contributed by atoms with Gasteiger partial charge < -0.3 is 15.8 Å². The summed E-state index contributed by atoms with van der Waals surface area (Å²) in [7, 11) is 0. The highest BCUT2D eigenvalue weighted by molar-refractivity contribution is 5.81. The van der Waals surface area contributed by atoms with E-state index in [0.717, 1.165) is 5.56 Å². The zero-order valence-corrected chi connectivity index (χ0v) is 11.8. The standard InChI is InChI=1S/C15H24N2O2/c1-12(2)11-19-9-8-17-15(18)14(16)10-13-6-4-3-5-7-13/h3-7,12,14H,8-11,16H2,1-2H3,(H,17,18)/t14-/m0/s1. The van der Waals surface area contributed by atoms with Gasteiger partial charge in [0.1, 0.15) is 0 Å². The molecular formula is C15H24N2O2. The molecule has 4 heteroatoms. The van der Waals surface area contributed by atoms with Gasteiger partial charge in [0.2, 0.25) is 5.91 Å².